The Morgan fingerprint density at radius 3 is 2.62 bits per heavy atom. The fourth-order valence-electron chi connectivity index (χ4n) is 5.35. The van der Waals surface area contributed by atoms with Crippen molar-refractivity contribution in [3.05, 3.63) is 35.9 Å². The number of likely N-dealkylation sites (tertiary alicyclic amines) is 1. The third-order valence-electron chi connectivity index (χ3n) is 6.72. The molecule has 2 atom stereocenters. The van der Waals surface area contributed by atoms with Gasteiger partial charge in [-0.3, -0.25) is 14.6 Å². The van der Waals surface area contributed by atoms with Gasteiger partial charge in [0.1, 0.15) is 0 Å². The first kappa shape index (κ1) is 16.7. The summed E-state index contributed by atoms with van der Waals surface area (Å²) in [7, 11) is 0. The van der Waals surface area contributed by atoms with Crippen molar-refractivity contribution in [2.75, 3.05) is 39.3 Å². The Morgan fingerprint density at radius 2 is 1.88 bits per heavy atom. The molecule has 5 rings (SSSR count). The Balaban J connectivity index is 1.29. The Hall–Kier alpha value is -1.43. The second kappa shape index (κ2) is 6.32. The van der Waals surface area contributed by atoms with E-state index in [2.05, 4.69) is 14.7 Å². The highest BCUT2D eigenvalue weighted by atomic mass is 16.3. The number of rotatable bonds is 4. The molecule has 26 heavy (non-hydrogen) atoms. The third-order valence-corrected chi connectivity index (χ3v) is 6.72. The molecule has 1 saturated carbocycles. The van der Waals surface area contributed by atoms with Gasteiger partial charge >= 0.3 is 0 Å². The maximum atomic E-state index is 13.0. The largest absolute Gasteiger partial charge is 0.392 e. The van der Waals surface area contributed by atoms with E-state index >= 15 is 0 Å². The molecule has 4 fully saturated rings. The first-order chi connectivity index (χ1) is 12.6. The second-order valence-corrected chi connectivity index (χ2v) is 8.97. The number of aliphatic hydroxyl groups excluding tert-OH is 1. The average Bonchev–Trinajstić information content (AvgIpc) is 3.33. The van der Waals surface area contributed by atoms with Crippen LogP contribution in [-0.2, 0) is 11.2 Å². The zero-order valence-electron chi connectivity index (χ0n) is 15.4. The number of carbonyl (C=O) groups excluding carboxylic acids is 1. The highest BCUT2D eigenvalue weighted by molar-refractivity contribution is 5.79. The predicted octanol–water partition coefficient (Wildman–Crippen LogP) is 0.971. The summed E-state index contributed by atoms with van der Waals surface area (Å²) < 4.78 is 0. The van der Waals surface area contributed by atoms with Crippen molar-refractivity contribution in [2.24, 2.45) is 5.92 Å². The van der Waals surface area contributed by atoms with Crippen molar-refractivity contribution in [3.8, 4) is 0 Å². The van der Waals surface area contributed by atoms with Crippen molar-refractivity contribution < 1.29 is 9.90 Å². The summed E-state index contributed by atoms with van der Waals surface area (Å²) in [5, 5.41) is 10.2. The van der Waals surface area contributed by atoms with E-state index in [1.54, 1.807) is 0 Å². The molecular formula is C21H29N3O2. The molecule has 1 amide bonds. The molecule has 0 aromatic heterocycles. The summed E-state index contributed by atoms with van der Waals surface area (Å²) >= 11 is 0. The van der Waals surface area contributed by atoms with E-state index in [0.717, 1.165) is 50.6 Å². The van der Waals surface area contributed by atoms with Crippen molar-refractivity contribution in [2.45, 2.75) is 43.4 Å². The summed E-state index contributed by atoms with van der Waals surface area (Å²) in [6.07, 6.45) is 3.82. The summed E-state index contributed by atoms with van der Waals surface area (Å²) in [6.45, 7) is 5.71. The third kappa shape index (κ3) is 3.06. The van der Waals surface area contributed by atoms with Gasteiger partial charge in [-0.2, -0.15) is 0 Å². The van der Waals surface area contributed by atoms with Gasteiger partial charge < -0.3 is 10.0 Å². The highest BCUT2D eigenvalue weighted by Crippen LogP contribution is 2.41. The normalized spacial score (nSPS) is 31.0. The molecule has 1 aliphatic carbocycles. The van der Waals surface area contributed by atoms with Gasteiger partial charge in [-0.25, -0.2) is 0 Å². The zero-order valence-corrected chi connectivity index (χ0v) is 15.4. The van der Waals surface area contributed by atoms with Crippen LogP contribution in [0.1, 0.15) is 24.8 Å². The molecule has 0 radical (unpaired) electrons. The quantitative estimate of drug-likeness (QED) is 0.874. The van der Waals surface area contributed by atoms with Crippen LogP contribution in [0.5, 0.6) is 0 Å². The van der Waals surface area contributed by atoms with E-state index in [1.807, 2.05) is 30.3 Å². The number of benzene rings is 1. The Morgan fingerprint density at radius 1 is 1.12 bits per heavy atom. The fraction of sp³-hybridized carbons (Fsp3) is 0.667. The highest BCUT2D eigenvalue weighted by Gasteiger charge is 2.56. The number of carbonyl (C=O) groups is 1. The maximum Gasteiger partial charge on any atom is 0.227 e. The second-order valence-electron chi connectivity index (χ2n) is 8.97. The SMILES string of the molecule is O=C(Cc1ccccc1)N1C[C@H]2C[C@@H](O)CN2C2(CN(CC3CC3)C2)C1. The van der Waals surface area contributed by atoms with E-state index in [4.69, 9.17) is 0 Å². The van der Waals surface area contributed by atoms with Crippen LogP contribution in [0.3, 0.4) is 0 Å². The van der Waals surface area contributed by atoms with E-state index in [-0.39, 0.29) is 17.6 Å². The summed E-state index contributed by atoms with van der Waals surface area (Å²) in [6, 6.07) is 10.4. The number of hydrogen-bond donors (Lipinski definition) is 1. The van der Waals surface area contributed by atoms with Gasteiger partial charge in [0.2, 0.25) is 5.91 Å². The fourth-order valence-corrected chi connectivity index (χ4v) is 5.35. The number of amides is 1. The first-order valence-electron chi connectivity index (χ1n) is 10.1. The summed E-state index contributed by atoms with van der Waals surface area (Å²) in [5.74, 6) is 1.14. The molecule has 0 unspecified atom stereocenters. The van der Waals surface area contributed by atoms with Gasteiger partial charge in [0.05, 0.1) is 18.1 Å². The molecule has 3 saturated heterocycles. The number of nitrogens with zero attached hydrogens (tertiary/aromatic N) is 3. The number of aliphatic hydroxyl groups is 1. The minimum absolute atomic E-state index is 0.0711. The van der Waals surface area contributed by atoms with Crippen molar-refractivity contribution in [1.82, 2.24) is 14.7 Å². The molecule has 5 heteroatoms. The van der Waals surface area contributed by atoms with Crippen molar-refractivity contribution >= 4 is 5.91 Å². The minimum atomic E-state index is -0.237. The molecule has 1 spiro atoms. The lowest BCUT2D eigenvalue weighted by Gasteiger charge is -2.61. The van der Waals surface area contributed by atoms with Crippen LogP contribution in [-0.4, -0.2) is 82.7 Å². The zero-order chi connectivity index (χ0) is 17.7. The molecule has 1 N–H and O–H groups in total. The number of hydrogen-bond acceptors (Lipinski definition) is 4. The Labute approximate surface area is 155 Å². The smallest absolute Gasteiger partial charge is 0.227 e. The Kier molecular flexibility index (Phi) is 4.07. The van der Waals surface area contributed by atoms with E-state index in [1.165, 1.54) is 19.4 Å². The number of fused-ring (bicyclic) bond motifs is 2. The van der Waals surface area contributed by atoms with Gasteiger partial charge in [-0.15, -0.1) is 0 Å². The lowest BCUT2D eigenvalue weighted by atomic mass is 9.83. The monoisotopic (exact) mass is 355 g/mol. The van der Waals surface area contributed by atoms with Gasteiger partial charge in [0.15, 0.2) is 0 Å². The lowest BCUT2D eigenvalue weighted by molar-refractivity contribution is -0.149. The van der Waals surface area contributed by atoms with Crippen LogP contribution < -0.4 is 0 Å². The molecule has 140 valence electrons. The Bertz CT molecular complexity index is 669. The van der Waals surface area contributed by atoms with Gasteiger partial charge in [-0.05, 0) is 30.7 Å². The molecular weight excluding hydrogens is 326 g/mol. The van der Waals surface area contributed by atoms with E-state index < -0.39 is 0 Å². The molecule has 1 aromatic carbocycles. The van der Waals surface area contributed by atoms with Crippen LogP contribution in [0.15, 0.2) is 30.3 Å². The molecule has 3 aliphatic heterocycles. The summed E-state index contributed by atoms with van der Waals surface area (Å²) in [5.41, 5.74) is 1.16. The molecule has 0 bridgehead atoms. The molecule has 3 heterocycles. The first-order valence-corrected chi connectivity index (χ1v) is 10.1. The van der Waals surface area contributed by atoms with E-state index in [0.29, 0.717) is 12.5 Å². The van der Waals surface area contributed by atoms with Crippen molar-refractivity contribution in [3.63, 3.8) is 0 Å². The van der Waals surface area contributed by atoms with Crippen LogP contribution in [0.4, 0.5) is 0 Å². The van der Waals surface area contributed by atoms with Crippen LogP contribution in [0.25, 0.3) is 0 Å². The number of piperazine rings is 1. The predicted molar refractivity (Wildman–Crippen MR) is 99.7 cm³/mol. The standard InChI is InChI=1S/C21H29N3O2/c25-19-9-18-11-23(20(26)8-16-4-2-1-3-5-16)15-21(24(18)12-19)13-22(14-21)10-17-6-7-17/h1-5,17-19,25H,6-15H2/t18-,19-/m1/s1. The molecule has 1 aromatic rings. The molecule has 5 nitrogen and oxygen atoms in total. The van der Waals surface area contributed by atoms with Crippen molar-refractivity contribution in [1.29, 1.82) is 0 Å². The minimum Gasteiger partial charge on any atom is -0.392 e. The van der Waals surface area contributed by atoms with Crippen LogP contribution in [0.2, 0.25) is 0 Å². The summed E-state index contributed by atoms with van der Waals surface area (Å²) in [4.78, 5) is 20.1. The topological polar surface area (TPSA) is 47.0 Å². The van der Waals surface area contributed by atoms with E-state index in [9.17, 15) is 9.90 Å². The van der Waals surface area contributed by atoms with Gasteiger partial charge in [-0.1, -0.05) is 30.3 Å². The lowest BCUT2D eigenvalue weighted by Crippen LogP contribution is -2.78. The number of β-amino-alcohol motifs (C(OH)–C–C–N with tert-alkyl or cyclic N) is 1. The van der Waals surface area contributed by atoms with Gasteiger partial charge in [0.25, 0.3) is 0 Å². The van der Waals surface area contributed by atoms with Crippen LogP contribution >= 0.6 is 0 Å². The maximum absolute atomic E-state index is 13.0. The van der Waals surface area contributed by atoms with Gasteiger partial charge in [0, 0.05) is 45.3 Å². The molecule has 4 aliphatic rings. The van der Waals surface area contributed by atoms with Crippen LogP contribution in [0, 0.1) is 5.92 Å². The average molecular weight is 355 g/mol.